The second-order valence-electron chi connectivity index (χ2n) is 8.45. The molecule has 1 saturated carbocycles. The highest BCUT2D eigenvalue weighted by molar-refractivity contribution is 7.92. The van der Waals surface area contributed by atoms with Gasteiger partial charge in [-0.2, -0.15) is 0 Å². The van der Waals surface area contributed by atoms with Crippen molar-refractivity contribution < 1.29 is 26.0 Å². The van der Waals surface area contributed by atoms with Crippen LogP contribution >= 0.6 is 0 Å². The number of para-hydroxylation sites is 1. The first-order valence-electron chi connectivity index (χ1n) is 10.2. The predicted octanol–water partition coefficient (Wildman–Crippen LogP) is 3.25. The van der Waals surface area contributed by atoms with Gasteiger partial charge in [-0.05, 0) is 49.9 Å². The molecule has 1 heterocycles. The standard InChI is InChI=1S/C22H24N2O6S2/c1-22(12-10-15(11-13-22)18-14-16-6-2-3-7-17(16)30-18)21(25)24-32(28,29)20-9-5-4-8-19(20)31(23,26)27/h2-9,14-15H,10-13H2,1H3,(H,24,25)(H2,23,26,27)/t15-,22+. The highest BCUT2D eigenvalue weighted by atomic mass is 32.2. The molecule has 10 heteroatoms. The monoisotopic (exact) mass is 476 g/mol. The lowest BCUT2D eigenvalue weighted by Gasteiger charge is -2.35. The van der Waals surface area contributed by atoms with Crippen LogP contribution in [0.5, 0.6) is 0 Å². The van der Waals surface area contributed by atoms with Crippen molar-refractivity contribution in [1.29, 1.82) is 0 Å². The topological polar surface area (TPSA) is 137 Å². The molecule has 1 aliphatic carbocycles. The van der Waals surface area contributed by atoms with Gasteiger partial charge in [0, 0.05) is 16.7 Å². The maximum atomic E-state index is 13.0. The SMILES string of the molecule is C[C@]1(C(=O)NS(=O)(=O)c2ccccc2S(N)(=O)=O)CC[C@@H](c2cc3ccccc3o2)CC1. The lowest BCUT2D eigenvalue weighted by Crippen LogP contribution is -2.44. The summed E-state index contributed by atoms with van der Waals surface area (Å²) in [5.41, 5.74) is -0.0975. The highest BCUT2D eigenvalue weighted by Gasteiger charge is 2.41. The zero-order valence-electron chi connectivity index (χ0n) is 17.4. The number of primary sulfonamides is 1. The number of amides is 1. The first-order chi connectivity index (χ1) is 15.0. The number of nitrogens with two attached hydrogens (primary N) is 1. The largest absolute Gasteiger partial charge is 0.461 e. The van der Waals surface area contributed by atoms with Crippen molar-refractivity contribution >= 4 is 36.9 Å². The fourth-order valence-electron chi connectivity index (χ4n) is 4.18. The molecular weight excluding hydrogens is 452 g/mol. The molecule has 1 amide bonds. The van der Waals surface area contributed by atoms with Crippen LogP contribution in [0.3, 0.4) is 0 Å². The van der Waals surface area contributed by atoms with Gasteiger partial charge in [0.15, 0.2) is 0 Å². The number of hydrogen-bond acceptors (Lipinski definition) is 6. The van der Waals surface area contributed by atoms with Gasteiger partial charge >= 0.3 is 0 Å². The quantitative estimate of drug-likeness (QED) is 0.580. The Bertz CT molecular complexity index is 1350. The van der Waals surface area contributed by atoms with Crippen LogP contribution in [0.4, 0.5) is 0 Å². The van der Waals surface area contributed by atoms with E-state index in [0.29, 0.717) is 25.7 Å². The lowest BCUT2D eigenvalue weighted by atomic mass is 9.71. The maximum Gasteiger partial charge on any atom is 0.265 e. The number of furan rings is 1. The molecule has 2 aromatic carbocycles. The number of sulfonamides is 2. The molecule has 0 radical (unpaired) electrons. The van der Waals surface area contributed by atoms with Crippen molar-refractivity contribution in [1.82, 2.24) is 4.72 Å². The van der Waals surface area contributed by atoms with E-state index < -0.39 is 41.2 Å². The fraction of sp³-hybridized carbons (Fsp3) is 0.318. The van der Waals surface area contributed by atoms with E-state index in [1.54, 1.807) is 6.92 Å². The van der Waals surface area contributed by atoms with Crippen molar-refractivity contribution in [3.63, 3.8) is 0 Å². The Hall–Kier alpha value is -2.69. The van der Waals surface area contributed by atoms with Crippen LogP contribution in [0.2, 0.25) is 0 Å². The van der Waals surface area contributed by atoms with Gasteiger partial charge < -0.3 is 4.42 Å². The van der Waals surface area contributed by atoms with Gasteiger partial charge in [-0.25, -0.2) is 26.7 Å². The molecule has 0 bridgehead atoms. The summed E-state index contributed by atoms with van der Waals surface area (Å²) in [4.78, 5) is 11.9. The third kappa shape index (κ3) is 4.30. The van der Waals surface area contributed by atoms with Crippen LogP contribution in [0.1, 0.15) is 44.3 Å². The van der Waals surface area contributed by atoms with E-state index in [4.69, 9.17) is 9.56 Å². The minimum atomic E-state index is -4.42. The van der Waals surface area contributed by atoms with E-state index in [-0.39, 0.29) is 5.92 Å². The summed E-state index contributed by atoms with van der Waals surface area (Å²) in [7, 11) is -8.70. The molecule has 1 fully saturated rings. The summed E-state index contributed by atoms with van der Waals surface area (Å²) in [5, 5.41) is 6.16. The van der Waals surface area contributed by atoms with E-state index in [0.717, 1.165) is 28.9 Å². The van der Waals surface area contributed by atoms with Gasteiger partial charge in [-0.1, -0.05) is 37.3 Å². The van der Waals surface area contributed by atoms with Crippen molar-refractivity contribution in [2.75, 3.05) is 0 Å². The summed E-state index contributed by atoms with van der Waals surface area (Å²) in [6.45, 7) is 1.72. The molecule has 0 atom stereocenters. The fourth-order valence-corrected chi connectivity index (χ4v) is 6.66. The van der Waals surface area contributed by atoms with Crippen LogP contribution in [0, 0.1) is 5.41 Å². The normalized spacial score (nSPS) is 22.0. The number of rotatable bonds is 5. The molecule has 1 aliphatic rings. The van der Waals surface area contributed by atoms with E-state index in [2.05, 4.69) is 4.72 Å². The van der Waals surface area contributed by atoms with E-state index in [1.165, 1.54) is 12.1 Å². The lowest BCUT2D eigenvalue weighted by molar-refractivity contribution is -0.130. The third-order valence-electron chi connectivity index (χ3n) is 6.16. The molecular formula is C22H24N2O6S2. The van der Waals surface area contributed by atoms with Gasteiger partial charge in [0.25, 0.3) is 10.0 Å². The predicted molar refractivity (Wildman–Crippen MR) is 119 cm³/mol. The summed E-state index contributed by atoms with van der Waals surface area (Å²) in [5.74, 6) is 0.344. The van der Waals surface area contributed by atoms with E-state index in [1.807, 2.05) is 30.3 Å². The summed E-state index contributed by atoms with van der Waals surface area (Å²) >= 11 is 0. The zero-order valence-corrected chi connectivity index (χ0v) is 19.1. The average Bonchev–Trinajstić information content (AvgIpc) is 3.17. The molecule has 170 valence electrons. The Morgan fingerprint density at radius 1 is 1.00 bits per heavy atom. The molecule has 0 aliphatic heterocycles. The molecule has 4 rings (SSSR count). The molecule has 0 unspecified atom stereocenters. The van der Waals surface area contributed by atoms with Crippen LogP contribution in [-0.4, -0.2) is 22.7 Å². The number of fused-ring (bicyclic) bond motifs is 1. The number of carbonyl (C=O) groups is 1. The third-order valence-corrected chi connectivity index (χ3v) is 8.64. The Morgan fingerprint density at radius 3 is 2.22 bits per heavy atom. The Labute approximate surface area is 186 Å². The first-order valence-corrected chi connectivity index (χ1v) is 13.2. The van der Waals surface area contributed by atoms with Gasteiger partial charge in [-0.15, -0.1) is 0 Å². The second kappa shape index (κ2) is 8.02. The number of carbonyl (C=O) groups excluding carboxylic acids is 1. The Balaban J connectivity index is 1.50. The van der Waals surface area contributed by atoms with Crippen LogP contribution in [0.25, 0.3) is 11.0 Å². The second-order valence-corrected chi connectivity index (χ2v) is 11.6. The molecule has 32 heavy (non-hydrogen) atoms. The average molecular weight is 477 g/mol. The van der Waals surface area contributed by atoms with Crippen LogP contribution < -0.4 is 9.86 Å². The van der Waals surface area contributed by atoms with Crippen LogP contribution in [0.15, 0.2) is 68.8 Å². The maximum absolute atomic E-state index is 13.0. The molecule has 0 spiro atoms. The van der Waals surface area contributed by atoms with Crippen LogP contribution in [-0.2, 0) is 24.8 Å². The van der Waals surface area contributed by atoms with Gasteiger partial charge in [0.05, 0.1) is 0 Å². The summed E-state index contributed by atoms with van der Waals surface area (Å²) in [6, 6.07) is 14.7. The summed E-state index contributed by atoms with van der Waals surface area (Å²) in [6.07, 6.45) is 2.26. The van der Waals surface area contributed by atoms with E-state index >= 15 is 0 Å². The summed E-state index contributed by atoms with van der Waals surface area (Å²) < 4.78 is 57.2. The number of hydrogen-bond donors (Lipinski definition) is 2. The number of nitrogens with one attached hydrogen (secondary N) is 1. The van der Waals surface area contributed by atoms with Gasteiger partial charge in [0.1, 0.15) is 21.1 Å². The van der Waals surface area contributed by atoms with Gasteiger partial charge in [-0.3, -0.25) is 4.79 Å². The zero-order chi connectivity index (χ0) is 23.1. The first kappa shape index (κ1) is 22.5. The Kier molecular flexibility index (Phi) is 5.64. The molecule has 1 aromatic heterocycles. The highest BCUT2D eigenvalue weighted by Crippen LogP contribution is 2.44. The Morgan fingerprint density at radius 2 is 1.59 bits per heavy atom. The molecule has 3 N–H and O–H groups in total. The van der Waals surface area contributed by atoms with Crippen molar-refractivity contribution in [2.45, 2.75) is 48.3 Å². The number of benzene rings is 2. The van der Waals surface area contributed by atoms with E-state index in [9.17, 15) is 21.6 Å². The smallest absolute Gasteiger partial charge is 0.265 e. The molecule has 8 nitrogen and oxygen atoms in total. The van der Waals surface area contributed by atoms with Gasteiger partial charge in [0.2, 0.25) is 15.9 Å². The molecule has 3 aromatic rings. The molecule has 0 saturated heterocycles. The minimum absolute atomic E-state index is 0.142. The minimum Gasteiger partial charge on any atom is -0.461 e. The van der Waals surface area contributed by atoms with Crippen molar-refractivity contribution in [2.24, 2.45) is 10.6 Å². The van der Waals surface area contributed by atoms with Crippen molar-refractivity contribution in [3.8, 4) is 0 Å². The van der Waals surface area contributed by atoms with Crippen molar-refractivity contribution in [3.05, 3.63) is 60.4 Å².